The van der Waals surface area contributed by atoms with Crippen LogP contribution in [0.15, 0.2) is 48.8 Å². The normalized spacial score (nSPS) is 16.4. The van der Waals surface area contributed by atoms with E-state index in [0.29, 0.717) is 29.9 Å². The Morgan fingerprint density at radius 3 is 2.62 bits per heavy atom. The maximum Gasteiger partial charge on any atom is 0.255 e. The predicted molar refractivity (Wildman–Crippen MR) is 126 cm³/mol. The van der Waals surface area contributed by atoms with Crippen LogP contribution in [0.1, 0.15) is 33.6 Å². The third-order valence-corrected chi connectivity index (χ3v) is 6.27. The average molecular weight is 490 g/mol. The molecular formula is C23H25F2N5O3S. The van der Waals surface area contributed by atoms with Crippen molar-refractivity contribution in [2.24, 2.45) is 0 Å². The molecule has 3 aromatic rings. The zero-order chi connectivity index (χ0) is 24.3. The molecule has 1 saturated heterocycles. The molecule has 180 valence electrons. The highest BCUT2D eigenvalue weighted by molar-refractivity contribution is 7.82. The molecule has 0 spiro atoms. The molecule has 2 N–H and O–H groups in total. The van der Waals surface area contributed by atoms with Gasteiger partial charge >= 0.3 is 0 Å². The number of amides is 2. The van der Waals surface area contributed by atoms with Gasteiger partial charge in [0.1, 0.15) is 5.65 Å². The van der Waals surface area contributed by atoms with E-state index in [4.69, 9.17) is 0 Å². The molecule has 1 aliphatic rings. The van der Waals surface area contributed by atoms with Crippen molar-refractivity contribution in [2.75, 3.05) is 32.4 Å². The molecule has 0 radical (unpaired) electrons. The number of alkyl halides is 2. The van der Waals surface area contributed by atoms with Gasteiger partial charge in [-0.2, -0.15) is 0 Å². The molecule has 1 aromatic carbocycles. The summed E-state index contributed by atoms with van der Waals surface area (Å²) >= 11 is 0. The number of halogens is 2. The van der Waals surface area contributed by atoms with E-state index in [1.165, 1.54) is 17.4 Å². The summed E-state index contributed by atoms with van der Waals surface area (Å²) in [5.41, 5.74) is 2.14. The van der Waals surface area contributed by atoms with Crippen molar-refractivity contribution in [3.63, 3.8) is 0 Å². The zero-order valence-corrected chi connectivity index (χ0v) is 19.4. The van der Waals surface area contributed by atoms with Crippen LogP contribution in [0.5, 0.6) is 0 Å². The SMILES string of the molecule is CS(=O)NCCNC(=O)c1cccc(-n2ccc3cc(C(=O)N4CCC(F)(F)CC4)cnc32)c1. The first-order chi connectivity index (χ1) is 16.2. The fourth-order valence-electron chi connectivity index (χ4n) is 3.84. The van der Waals surface area contributed by atoms with E-state index in [1.807, 2.05) is 16.7 Å². The monoisotopic (exact) mass is 489 g/mol. The van der Waals surface area contributed by atoms with E-state index in [1.54, 1.807) is 30.5 Å². The molecule has 0 saturated carbocycles. The second-order valence-electron chi connectivity index (χ2n) is 8.13. The van der Waals surface area contributed by atoms with Gasteiger partial charge in [0, 0.05) is 74.3 Å². The summed E-state index contributed by atoms with van der Waals surface area (Å²) in [6, 6.07) is 10.5. The Morgan fingerprint density at radius 2 is 1.88 bits per heavy atom. The Morgan fingerprint density at radius 1 is 1.12 bits per heavy atom. The Hall–Kier alpha value is -3.18. The van der Waals surface area contributed by atoms with Gasteiger partial charge in [0.05, 0.1) is 16.5 Å². The summed E-state index contributed by atoms with van der Waals surface area (Å²) < 4.78 is 42.4. The first kappa shape index (κ1) is 24.0. The molecule has 0 bridgehead atoms. The van der Waals surface area contributed by atoms with Crippen LogP contribution < -0.4 is 10.0 Å². The minimum Gasteiger partial charge on any atom is -0.351 e. The summed E-state index contributed by atoms with van der Waals surface area (Å²) in [4.78, 5) is 31.1. The summed E-state index contributed by atoms with van der Waals surface area (Å²) in [7, 11) is -1.14. The lowest BCUT2D eigenvalue weighted by Crippen LogP contribution is -2.42. The summed E-state index contributed by atoms with van der Waals surface area (Å²) in [5, 5.41) is 3.49. The van der Waals surface area contributed by atoms with Gasteiger partial charge in [-0.15, -0.1) is 0 Å². The highest BCUT2D eigenvalue weighted by Gasteiger charge is 2.35. The van der Waals surface area contributed by atoms with Crippen LogP contribution in [0.4, 0.5) is 8.78 Å². The Bertz CT molecular complexity index is 1240. The van der Waals surface area contributed by atoms with Crippen molar-refractivity contribution < 1.29 is 22.6 Å². The summed E-state index contributed by atoms with van der Waals surface area (Å²) in [6.07, 6.45) is 4.11. The molecular weight excluding hydrogens is 464 g/mol. The number of nitrogens with one attached hydrogen (secondary N) is 2. The van der Waals surface area contributed by atoms with Crippen molar-refractivity contribution in [3.8, 4) is 5.69 Å². The number of fused-ring (bicyclic) bond motifs is 1. The quantitative estimate of drug-likeness (QED) is 0.499. The van der Waals surface area contributed by atoms with E-state index in [2.05, 4.69) is 15.0 Å². The molecule has 1 unspecified atom stereocenters. The molecule has 1 fully saturated rings. The number of hydrogen-bond acceptors (Lipinski definition) is 4. The van der Waals surface area contributed by atoms with Crippen LogP contribution >= 0.6 is 0 Å². The molecule has 11 heteroatoms. The molecule has 34 heavy (non-hydrogen) atoms. The lowest BCUT2D eigenvalue weighted by atomic mass is 10.1. The van der Waals surface area contributed by atoms with Gasteiger partial charge in [0.15, 0.2) is 0 Å². The fraction of sp³-hybridized carbons (Fsp3) is 0.348. The lowest BCUT2D eigenvalue weighted by Gasteiger charge is -2.31. The van der Waals surface area contributed by atoms with Gasteiger partial charge in [-0.3, -0.25) is 9.59 Å². The second-order valence-corrected chi connectivity index (χ2v) is 9.32. The number of carbonyl (C=O) groups excluding carboxylic acids is 2. The number of pyridine rings is 1. The number of carbonyl (C=O) groups is 2. The van der Waals surface area contributed by atoms with Gasteiger partial charge in [-0.25, -0.2) is 22.7 Å². The van der Waals surface area contributed by atoms with E-state index in [0.717, 1.165) is 11.1 Å². The molecule has 2 amide bonds. The third-order valence-electron chi connectivity index (χ3n) is 5.66. The van der Waals surface area contributed by atoms with Crippen LogP contribution in [-0.2, 0) is 11.0 Å². The van der Waals surface area contributed by atoms with Crippen LogP contribution in [-0.4, -0.2) is 68.8 Å². The van der Waals surface area contributed by atoms with E-state index in [9.17, 15) is 22.6 Å². The van der Waals surface area contributed by atoms with Crippen LogP contribution in [0, 0.1) is 0 Å². The van der Waals surface area contributed by atoms with Crippen molar-refractivity contribution in [3.05, 3.63) is 59.9 Å². The van der Waals surface area contributed by atoms with Gasteiger partial charge in [0.25, 0.3) is 17.7 Å². The number of likely N-dealkylation sites (tertiary alicyclic amines) is 1. The summed E-state index contributed by atoms with van der Waals surface area (Å²) in [6.45, 7) is 0.766. The molecule has 8 nitrogen and oxygen atoms in total. The largest absolute Gasteiger partial charge is 0.351 e. The molecule has 4 rings (SSSR count). The van der Waals surface area contributed by atoms with Crippen LogP contribution in [0.25, 0.3) is 16.7 Å². The average Bonchev–Trinajstić information content (AvgIpc) is 3.24. The number of aromatic nitrogens is 2. The maximum absolute atomic E-state index is 13.4. The lowest BCUT2D eigenvalue weighted by molar-refractivity contribution is -0.0494. The zero-order valence-electron chi connectivity index (χ0n) is 18.6. The van der Waals surface area contributed by atoms with Crippen molar-refractivity contribution in [1.82, 2.24) is 24.5 Å². The van der Waals surface area contributed by atoms with Crippen molar-refractivity contribution in [1.29, 1.82) is 0 Å². The smallest absolute Gasteiger partial charge is 0.255 e. The Labute approximate surface area is 197 Å². The Kier molecular flexibility index (Phi) is 7.03. The minimum atomic E-state index is -2.71. The molecule has 3 heterocycles. The van der Waals surface area contributed by atoms with Gasteiger partial charge in [-0.1, -0.05) is 6.07 Å². The highest BCUT2D eigenvalue weighted by atomic mass is 32.2. The van der Waals surface area contributed by atoms with Crippen molar-refractivity contribution in [2.45, 2.75) is 18.8 Å². The number of rotatable bonds is 7. The first-order valence-corrected chi connectivity index (χ1v) is 12.4. The van der Waals surface area contributed by atoms with Gasteiger partial charge in [0.2, 0.25) is 0 Å². The number of piperidine rings is 1. The molecule has 0 aliphatic carbocycles. The number of nitrogens with zero attached hydrogens (tertiary/aromatic N) is 3. The second kappa shape index (κ2) is 9.98. The maximum atomic E-state index is 13.4. The first-order valence-electron chi connectivity index (χ1n) is 10.8. The van der Waals surface area contributed by atoms with Crippen LogP contribution in [0.3, 0.4) is 0 Å². The van der Waals surface area contributed by atoms with Crippen molar-refractivity contribution >= 4 is 33.8 Å². The Balaban J connectivity index is 1.49. The van der Waals surface area contributed by atoms with Gasteiger partial charge in [-0.05, 0) is 30.3 Å². The standard InChI is InChI=1S/C23H25F2N5O3S/c1-34(33)28-9-8-26-21(31)17-3-2-4-19(14-17)30-10-5-16-13-18(15-27-20(16)30)22(32)29-11-6-23(24,25)7-12-29/h2-5,10,13-15,28H,6-9,11-12H2,1H3,(H,26,31). The van der Waals surface area contributed by atoms with E-state index in [-0.39, 0.29) is 37.7 Å². The minimum absolute atomic E-state index is 0.0199. The van der Waals surface area contributed by atoms with Gasteiger partial charge < -0.3 is 14.8 Å². The molecule has 1 aliphatic heterocycles. The number of benzene rings is 1. The topological polar surface area (TPSA) is 96.3 Å². The molecule has 2 aromatic heterocycles. The number of hydrogen-bond donors (Lipinski definition) is 2. The van der Waals surface area contributed by atoms with E-state index >= 15 is 0 Å². The third kappa shape index (κ3) is 5.48. The fourth-order valence-corrected chi connectivity index (χ4v) is 4.23. The van der Waals surface area contributed by atoms with E-state index < -0.39 is 16.9 Å². The molecule has 1 atom stereocenters. The highest BCUT2D eigenvalue weighted by Crippen LogP contribution is 2.29. The summed E-state index contributed by atoms with van der Waals surface area (Å²) in [5.74, 6) is -3.28. The van der Waals surface area contributed by atoms with Crippen LogP contribution in [0.2, 0.25) is 0 Å². The predicted octanol–water partition coefficient (Wildman–Crippen LogP) is 2.51.